The Morgan fingerprint density at radius 1 is 1.23 bits per heavy atom. The molecule has 8 heteroatoms. The third-order valence-corrected chi connectivity index (χ3v) is 6.77. The maximum Gasteiger partial charge on any atom is 0.270 e. The van der Waals surface area contributed by atoms with Gasteiger partial charge in [0.25, 0.3) is 11.6 Å². The first-order valence-electron chi connectivity index (χ1n) is 8.11. The van der Waals surface area contributed by atoms with E-state index in [2.05, 4.69) is 11.4 Å². The summed E-state index contributed by atoms with van der Waals surface area (Å²) in [5.41, 5.74) is 1.65. The molecule has 1 aliphatic carbocycles. The fourth-order valence-electron chi connectivity index (χ4n) is 3.19. The lowest BCUT2D eigenvalue weighted by molar-refractivity contribution is -0.384. The maximum absolute atomic E-state index is 12.6. The van der Waals surface area contributed by atoms with Crippen molar-refractivity contribution in [3.05, 3.63) is 55.3 Å². The van der Waals surface area contributed by atoms with Crippen LogP contribution in [0.15, 0.2) is 24.3 Å². The van der Waals surface area contributed by atoms with Crippen LogP contribution in [0, 0.1) is 21.4 Å². The van der Waals surface area contributed by atoms with Crippen LogP contribution in [0.1, 0.15) is 38.5 Å². The van der Waals surface area contributed by atoms with Crippen molar-refractivity contribution in [3.63, 3.8) is 0 Å². The summed E-state index contributed by atoms with van der Waals surface area (Å²) in [6, 6.07) is 8.44. The van der Waals surface area contributed by atoms with E-state index in [0.29, 0.717) is 20.8 Å². The van der Waals surface area contributed by atoms with Gasteiger partial charge in [0.15, 0.2) is 0 Å². The Hall–Kier alpha value is -2.76. The van der Waals surface area contributed by atoms with Gasteiger partial charge in [-0.3, -0.25) is 14.9 Å². The molecule has 0 bridgehead atoms. The number of hydrogen-bond acceptors (Lipinski definition) is 6. The second-order valence-corrected chi connectivity index (χ2v) is 8.26. The van der Waals surface area contributed by atoms with Gasteiger partial charge in [-0.25, -0.2) is 0 Å². The summed E-state index contributed by atoms with van der Waals surface area (Å²) in [4.78, 5) is 24.7. The number of nitro benzene ring substituents is 1. The first-order valence-corrected chi connectivity index (χ1v) is 9.74. The summed E-state index contributed by atoms with van der Waals surface area (Å²) >= 11 is 2.76. The molecule has 3 aromatic rings. The van der Waals surface area contributed by atoms with E-state index < -0.39 is 4.92 Å². The minimum atomic E-state index is -0.452. The number of carbonyl (C=O) groups is 1. The van der Waals surface area contributed by atoms with Crippen molar-refractivity contribution < 1.29 is 9.72 Å². The van der Waals surface area contributed by atoms with Crippen LogP contribution < -0.4 is 5.32 Å². The van der Waals surface area contributed by atoms with Crippen molar-refractivity contribution in [1.82, 2.24) is 0 Å². The minimum absolute atomic E-state index is 0.0000399. The van der Waals surface area contributed by atoms with Crippen LogP contribution in [0.3, 0.4) is 0 Å². The van der Waals surface area contributed by atoms with Crippen LogP contribution in [0.25, 0.3) is 10.1 Å². The molecule has 26 heavy (non-hydrogen) atoms. The van der Waals surface area contributed by atoms with E-state index in [9.17, 15) is 20.2 Å². The third-order valence-electron chi connectivity index (χ3n) is 4.44. The summed E-state index contributed by atoms with van der Waals surface area (Å²) in [6.45, 7) is 0. The Morgan fingerprint density at radius 2 is 2.04 bits per heavy atom. The van der Waals surface area contributed by atoms with Gasteiger partial charge in [0.2, 0.25) is 0 Å². The van der Waals surface area contributed by atoms with Crippen molar-refractivity contribution in [2.45, 2.75) is 25.7 Å². The number of amides is 1. The van der Waals surface area contributed by atoms with E-state index >= 15 is 0 Å². The number of fused-ring (bicyclic) bond motifs is 2. The average molecular weight is 383 g/mol. The van der Waals surface area contributed by atoms with E-state index in [4.69, 9.17) is 0 Å². The van der Waals surface area contributed by atoms with Crippen LogP contribution in [0.5, 0.6) is 0 Å². The van der Waals surface area contributed by atoms with Gasteiger partial charge in [-0.15, -0.1) is 22.7 Å². The molecule has 1 aromatic carbocycles. The zero-order valence-corrected chi connectivity index (χ0v) is 15.2. The Balaban J connectivity index is 1.65. The number of nitriles is 1. The molecular weight excluding hydrogens is 370 g/mol. The standard InChI is InChI=1S/C18H13N3O3S2/c19-9-13-12-3-1-2-4-15(12)26-18(13)20-17(22)16-8-10-7-11(21(23)24)5-6-14(10)25-16/h5-8H,1-4H2,(H,20,22). The first kappa shape index (κ1) is 16.7. The minimum Gasteiger partial charge on any atom is -0.312 e. The molecule has 130 valence electrons. The molecule has 2 aromatic heterocycles. The Bertz CT molecular complexity index is 1090. The lowest BCUT2D eigenvalue weighted by Gasteiger charge is -2.09. The molecule has 1 aliphatic rings. The highest BCUT2D eigenvalue weighted by atomic mass is 32.1. The van der Waals surface area contributed by atoms with Crippen molar-refractivity contribution in [2.24, 2.45) is 0 Å². The van der Waals surface area contributed by atoms with Crippen molar-refractivity contribution in [2.75, 3.05) is 5.32 Å². The van der Waals surface area contributed by atoms with E-state index in [-0.39, 0.29) is 11.6 Å². The Kier molecular flexibility index (Phi) is 4.18. The van der Waals surface area contributed by atoms with Gasteiger partial charge < -0.3 is 5.32 Å². The number of carbonyl (C=O) groups excluding carboxylic acids is 1. The van der Waals surface area contributed by atoms with Gasteiger partial charge >= 0.3 is 0 Å². The number of anilines is 1. The van der Waals surface area contributed by atoms with Gasteiger partial charge in [-0.1, -0.05) is 0 Å². The predicted octanol–water partition coefficient (Wildman–Crippen LogP) is 4.87. The van der Waals surface area contributed by atoms with Crippen molar-refractivity contribution >= 4 is 49.4 Å². The van der Waals surface area contributed by atoms with Crippen LogP contribution in [-0.2, 0) is 12.8 Å². The van der Waals surface area contributed by atoms with Gasteiger partial charge in [0.05, 0.1) is 15.4 Å². The second kappa shape index (κ2) is 6.52. The molecular formula is C18H13N3O3S2. The molecule has 0 radical (unpaired) electrons. The summed E-state index contributed by atoms with van der Waals surface area (Å²) in [6.07, 6.45) is 4.02. The molecule has 1 N–H and O–H groups in total. The molecule has 1 amide bonds. The quantitative estimate of drug-likeness (QED) is 0.515. The second-order valence-electron chi connectivity index (χ2n) is 6.07. The highest BCUT2D eigenvalue weighted by molar-refractivity contribution is 7.21. The zero-order valence-electron chi connectivity index (χ0n) is 13.6. The molecule has 0 unspecified atom stereocenters. The van der Waals surface area contributed by atoms with Crippen molar-refractivity contribution in [3.8, 4) is 6.07 Å². The molecule has 0 saturated heterocycles. The highest BCUT2D eigenvalue weighted by Gasteiger charge is 2.22. The molecule has 0 saturated carbocycles. The van der Waals surface area contributed by atoms with E-state index in [1.807, 2.05) is 0 Å². The van der Waals surface area contributed by atoms with Gasteiger partial charge in [0.1, 0.15) is 11.1 Å². The van der Waals surface area contributed by atoms with Crippen LogP contribution in [0.2, 0.25) is 0 Å². The zero-order chi connectivity index (χ0) is 18.3. The van der Waals surface area contributed by atoms with Gasteiger partial charge in [-0.05, 0) is 43.4 Å². The number of nitrogens with zero attached hydrogens (tertiary/aromatic N) is 2. The van der Waals surface area contributed by atoms with Crippen LogP contribution in [0.4, 0.5) is 10.7 Å². The normalized spacial score (nSPS) is 13.2. The number of thiophene rings is 2. The lowest BCUT2D eigenvalue weighted by Crippen LogP contribution is -2.10. The van der Waals surface area contributed by atoms with E-state index in [1.54, 1.807) is 12.1 Å². The maximum atomic E-state index is 12.6. The monoisotopic (exact) mass is 383 g/mol. The number of benzene rings is 1. The first-order chi connectivity index (χ1) is 12.6. The number of nitrogens with one attached hydrogen (secondary N) is 1. The Morgan fingerprint density at radius 3 is 2.81 bits per heavy atom. The SMILES string of the molecule is N#Cc1c(NC(=O)c2cc3cc([N+](=O)[O-])ccc3s2)sc2c1CCCC2. The smallest absolute Gasteiger partial charge is 0.270 e. The molecule has 6 nitrogen and oxygen atoms in total. The van der Waals surface area contributed by atoms with Crippen LogP contribution in [-0.4, -0.2) is 10.8 Å². The molecule has 2 heterocycles. The molecule has 0 atom stereocenters. The van der Waals surface area contributed by atoms with E-state index in [1.165, 1.54) is 39.7 Å². The van der Waals surface area contributed by atoms with Gasteiger partial charge in [-0.2, -0.15) is 5.26 Å². The summed E-state index contributed by atoms with van der Waals surface area (Å²) in [7, 11) is 0. The largest absolute Gasteiger partial charge is 0.312 e. The average Bonchev–Trinajstić information content (AvgIpc) is 3.21. The third kappa shape index (κ3) is 2.85. The fraction of sp³-hybridized carbons (Fsp3) is 0.222. The number of aryl methyl sites for hydroxylation is 1. The molecule has 4 rings (SSSR count). The summed E-state index contributed by atoms with van der Waals surface area (Å²) < 4.78 is 0.812. The van der Waals surface area contributed by atoms with Crippen molar-refractivity contribution in [1.29, 1.82) is 5.26 Å². The number of nitro groups is 1. The summed E-state index contributed by atoms with van der Waals surface area (Å²) in [5, 5.41) is 24.5. The lowest BCUT2D eigenvalue weighted by atomic mass is 9.96. The molecule has 0 spiro atoms. The fourth-order valence-corrected chi connectivity index (χ4v) is 5.37. The molecule has 0 fully saturated rings. The number of rotatable bonds is 3. The topological polar surface area (TPSA) is 96.0 Å². The van der Waals surface area contributed by atoms with Crippen LogP contribution >= 0.6 is 22.7 Å². The highest BCUT2D eigenvalue weighted by Crippen LogP contribution is 2.38. The molecule has 0 aliphatic heterocycles. The number of non-ortho nitro benzene ring substituents is 1. The Labute approximate surface area is 156 Å². The summed E-state index contributed by atoms with van der Waals surface area (Å²) in [5.74, 6) is -0.288. The number of hydrogen-bond donors (Lipinski definition) is 1. The van der Waals surface area contributed by atoms with Gasteiger partial charge in [0, 0.05) is 27.1 Å². The van der Waals surface area contributed by atoms with E-state index in [0.717, 1.165) is 35.9 Å². The predicted molar refractivity (Wildman–Crippen MR) is 102 cm³/mol.